The summed E-state index contributed by atoms with van der Waals surface area (Å²) in [7, 11) is 1.58. The number of carboxylic acids is 1. The summed E-state index contributed by atoms with van der Waals surface area (Å²) in [4.78, 5) is 21.8. The Morgan fingerprint density at radius 1 is 0.981 bits per heavy atom. The van der Waals surface area contributed by atoms with E-state index in [4.69, 9.17) is 14.2 Å². The van der Waals surface area contributed by atoms with Gasteiger partial charge in [-0.25, -0.2) is 14.8 Å². The van der Waals surface area contributed by atoms with E-state index >= 15 is 0 Å². The van der Waals surface area contributed by atoms with Crippen molar-refractivity contribution in [3.05, 3.63) is 82.2 Å². The lowest BCUT2D eigenvalue weighted by Gasteiger charge is -2.36. The number of aliphatic carboxylic acids is 1. The lowest BCUT2D eigenvalue weighted by molar-refractivity contribution is -0.151. The average Bonchev–Trinajstić information content (AvgIpc) is 3.06. The number of rotatable bonds is 15. The molecule has 0 aliphatic heterocycles. The minimum absolute atomic E-state index is 0.0313. The number of hydrogen-bond donors (Lipinski definition) is 1. The van der Waals surface area contributed by atoms with Gasteiger partial charge in [0, 0.05) is 31.7 Å². The first-order valence-corrected chi connectivity index (χ1v) is 17.0. The normalized spacial score (nSPS) is 15.5. The molecule has 0 spiro atoms. The number of carbonyl (C=O) groups is 1. The van der Waals surface area contributed by atoms with Crippen LogP contribution >= 0.6 is 0 Å². The summed E-state index contributed by atoms with van der Waals surface area (Å²) in [5, 5.41) is 9.32. The van der Waals surface area contributed by atoms with Gasteiger partial charge in [0.1, 0.15) is 5.75 Å². The van der Waals surface area contributed by atoms with Crippen LogP contribution in [0.5, 0.6) is 11.5 Å². The largest absolute Gasteiger partial charge is 0.496 e. The Bertz CT molecular complexity index is 1690. The van der Waals surface area contributed by atoms with Crippen molar-refractivity contribution in [2.45, 2.75) is 91.2 Å². The van der Waals surface area contributed by atoms with Gasteiger partial charge < -0.3 is 24.2 Å². The van der Waals surface area contributed by atoms with Gasteiger partial charge in [-0.1, -0.05) is 33.8 Å². The van der Waals surface area contributed by atoms with Gasteiger partial charge in [0.05, 0.1) is 37.2 Å². The van der Waals surface area contributed by atoms with Crippen LogP contribution in [0.4, 0.5) is 32.3 Å². The van der Waals surface area contributed by atoms with E-state index in [0.29, 0.717) is 30.7 Å². The topological polar surface area (TPSA) is 94.0 Å². The monoisotopic (exact) mass is 737 g/mol. The summed E-state index contributed by atoms with van der Waals surface area (Å²) in [5.74, 6) is -0.0182. The Labute approximate surface area is 299 Å². The molecular formula is C38H45F6N3O5. The Balaban J connectivity index is 1.79. The van der Waals surface area contributed by atoms with Crippen molar-refractivity contribution in [1.29, 1.82) is 0 Å². The van der Waals surface area contributed by atoms with Gasteiger partial charge in [0.2, 0.25) is 5.95 Å². The smallest absolute Gasteiger partial charge is 0.416 e. The lowest BCUT2D eigenvalue weighted by Crippen LogP contribution is -2.31. The fourth-order valence-corrected chi connectivity index (χ4v) is 6.28. The molecule has 1 atom stereocenters. The first-order valence-electron chi connectivity index (χ1n) is 17.0. The van der Waals surface area contributed by atoms with E-state index in [0.717, 1.165) is 28.7 Å². The molecule has 1 aromatic heterocycles. The molecule has 0 amide bonds. The van der Waals surface area contributed by atoms with Gasteiger partial charge in [0.25, 0.3) is 0 Å². The number of aromatic nitrogens is 2. The Kier molecular flexibility index (Phi) is 12.9. The number of ether oxygens (including phenoxy) is 3. The van der Waals surface area contributed by atoms with Gasteiger partial charge in [-0.3, -0.25) is 0 Å². The molecule has 8 nitrogen and oxygen atoms in total. The molecular weight excluding hydrogens is 692 g/mol. The van der Waals surface area contributed by atoms with Gasteiger partial charge in [-0.05, 0) is 90.1 Å². The summed E-state index contributed by atoms with van der Waals surface area (Å²) < 4.78 is 99.7. The van der Waals surface area contributed by atoms with E-state index in [2.05, 4.69) is 43.7 Å². The van der Waals surface area contributed by atoms with E-state index in [1.807, 2.05) is 12.1 Å². The molecule has 1 aliphatic carbocycles. The quantitative estimate of drug-likeness (QED) is 0.154. The molecule has 1 unspecified atom stereocenters. The second-order valence-electron chi connectivity index (χ2n) is 13.9. The van der Waals surface area contributed by atoms with Crippen LogP contribution in [0.25, 0.3) is 5.57 Å². The SMILES string of the molecule is CCOC(CCOc1cnc(N(CC2=C(c3cc(C(C)C)ccc3OC)CCC(C)(C)C2)Cc2cc(C(F)(F)F)cc(C(F)(F)F)c2)nc1)C(=O)O. The van der Waals surface area contributed by atoms with Crippen LogP contribution < -0.4 is 14.4 Å². The van der Waals surface area contributed by atoms with Gasteiger partial charge in [-0.2, -0.15) is 26.3 Å². The van der Waals surface area contributed by atoms with Crippen molar-refractivity contribution >= 4 is 17.5 Å². The molecule has 1 aliphatic rings. The number of carboxylic acid groups (broad SMARTS) is 1. The first-order chi connectivity index (χ1) is 24.3. The molecule has 14 heteroatoms. The number of alkyl halides is 6. The van der Waals surface area contributed by atoms with Crippen LogP contribution in [0.3, 0.4) is 0 Å². The number of methoxy groups -OCH3 is 1. The van der Waals surface area contributed by atoms with E-state index in [9.17, 15) is 36.2 Å². The van der Waals surface area contributed by atoms with E-state index in [1.165, 1.54) is 12.4 Å². The number of anilines is 1. The third kappa shape index (κ3) is 10.6. The Morgan fingerprint density at radius 2 is 1.62 bits per heavy atom. The van der Waals surface area contributed by atoms with Crippen molar-refractivity contribution in [2.75, 3.05) is 31.8 Å². The maximum atomic E-state index is 13.9. The Morgan fingerprint density at radius 3 is 2.15 bits per heavy atom. The maximum absolute atomic E-state index is 13.9. The standard InChI is InChI=1S/C38H45F6N3O5/c1-7-51-33(34(48)49)11-13-52-29-19-45-35(46-20-29)47(21-24-14-27(37(39,40)41)17-28(15-24)38(42,43)44)22-26-18-36(4,5)12-10-30(26)31-16-25(23(2)3)8-9-32(31)50-6/h8-9,14-17,19-20,23,33H,7,10-13,18,21-22H2,1-6H3,(H,48,49). The number of hydrogen-bond acceptors (Lipinski definition) is 7. The first kappa shape index (κ1) is 40.4. The highest BCUT2D eigenvalue weighted by Gasteiger charge is 2.37. The minimum Gasteiger partial charge on any atom is -0.496 e. The molecule has 0 bridgehead atoms. The highest BCUT2D eigenvalue weighted by atomic mass is 19.4. The van der Waals surface area contributed by atoms with Crippen LogP contribution in [-0.4, -0.2) is 54.0 Å². The lowest BCUT2D eigenvalue weighted by atomic mass is 9.72. The van der Waals surface area contributed by atoms with E-state index < -0.39 is 35.6 Å². The van der Waals surface area contributed by atoms with E-state index in [-0.39, 0.29) is 67.4 Å². The molecule has 2 aromatic carbocycles. The number of allylic oxidation sites excluding steroid dienone is 1. The molecule has 1 N–H and O–H groups in total. The average molecular weight is 738 g/mol. The van der Waals surface area contributed by atoms with Gasteiger partial charge >= 0.3 is 18.3 Å². The van der Waals surface area contributed by atoms with Crippen molar-refractivity contribution in [3.8, 4) is 11.5 Å². The molecule has 1 heterocycles. The van der Waals surface area contributed by atoms with Crippen LogP contribution in [0.15, 0.2) is 54.4 Å². The predicted molar refractivity (Wildman–Crippen MR) is 184 cm³/mol. The third-order valence-electron chi connectivity index (χ3n) is 8.98. The molecule has 4 rings (SSSR count). The van der Waals surface area contributed by atoms with Crippen LogP contribution in [0, 0.1) is 5.41 Å². The van der Waals surface area contributed by atoms with Gasteiger partial charge in [-0.15, -0.1) is 0 Å². The van der Waals surface area contributed by atoms with Crippen molar-refractivity contribution < 1.29 is 50.5 Å². The molecule has 0 fully saturated rings. The fourth-order valence-electron chi connectivity index (χ4n) is 6.28. The number of nitrogens with zero attached hydrogens (tertiary/aromatic N) is 3. The minimum atomic E-state index is -5.01. The molecule has 52 heavy (non-hydrogen) atoms. The molecule has 0 radical (unpaired) electrons. The number of halogens is 6. The fraction of sp³-hybridized carbons (Fsp3) is 0.500. The maximum Gasteiger partial charge on any atom is 0.416 e. The Hall–Kier alpha value is -4.33. The van der Waals surface area contributed by atoms with Crippen molar-refractivity contribution in [3.63, 3.8) is 0 Å². The summed E-state index contributed by atoms with van der Waals surface area (Å²) in [6.07, 6.45) is -6.29. The molecule has 3 aromatic rings. The zero-order valence-corrected chi connectivity index (χ0v) is 30.1. The highest BCUT2D eigenvalue weighted by molar-refractivity contribution is 5.75. The van der Waals surface area contributed by atoms with Crippen molar-refractivity contribution in [2.24, 2.45) is 5.41 Å². The molecule has 0 saturated carbocycles. The van der Waals surface area contributed by atoms with Crippen LogP contribution in [-0.2, 0) is 28.4 Å². The summed E-state index contributed by atoms with van der Waals surface area (Å²) in [5.41, 5.74) is 0.685. The van der Waals surface area contributed by atoms with Crippen molar-refractivity contribution in [1.82, 2.24) is 9.97 Å². The summed E-state index contributed by atoms with van der Waals surface area (Å²) in [6, 6.07) is 7.51. The third-order valence-corrected chi connectivity index (χ3v) is 8.98. The van der Waals surface area contributed by atoms with Gasteiger partial charge in [0.15, 0.2) is 11.9 Å². The molecule has 284 valence electrons. The highest BCUT2D eigenvalue weighted by Crippen LogP contribution is 2.46. The van der Waals surface area contributed by atoms with E-state index in [1.54, 1.807) is 18.9 Å². The second kappa shape index (κ2) is 16.6. The second-order valence-corrected chi connectivity index (χ2v) is 13.9. The predicted octanol–water partition coefficient (Wildman–Crippen LogP) is 9.58. The summed E-state index contributed by atoms with van der Waals surface area (Å²) >= 11 is 0. The summed E-state index contributed by atoms with van der Waals surface area (Å²) in [6.45, 7) is 9.94. The zero-order chi connectivity index (χ0) is 38.4. The zero-order valence-electron chi connectivity index (χ0n) is 30.1. The van der Waals surface area contributed by atoms with Crippen LogP contribution in [0.2, 0.25) is 0 Å². The molecule has 0 saturated heterocycles. The number of benzene rings is 2. The van der Waals surface area contributed by atoms with Crippen LogP contribution in [0.1, 0.15) is 94.0 Å².